The summed E-state index contributed by atoms with van der Waals surface area (Å²) in [5.41, 5.74) is 4.05. The molecule has 0 spiro atoms. The fraction of sp³-hybridized carbons (Fsp3) is 0.200. The molecular formula is C15H16ClNO. The molecule has 94 valence electrons. The van der Waals surface area contributed by atoms with Gasteiger partial charge in [0, 0.05) is 12.7 Å². The maximum Gasteiger partial charge on any atom is 0.0682 e. The van der Waals surface area contributed by atoms with Crippen molar-refractivity contribution in [2.75, 3.05) is 11.9 Å². The standard InChI is InChI=1S/C15H16ClNO/c1-11-4-3-5-13(8-11)17(2)15-7-6-12(10-18)9-14(15)16/h3-9,18H,10H2,1-2H3. The van der Waals surface area contributed by atoms with Gasteiger partial charge in [-0.05, 0) is 42.3 Å². The number of rotatable bonds is 3. The van der Waals surface area contributed by atoms with Crippen LogP contribution in [0.5, 0.6) is 0 Å². The van der Waals surface area contributed by atoms with Gasteiger partial charge in [-0.15, -0.1) is 0 Å². The lowest BCUT2D eigenvalue weighted by atomic mass is 10.1. The summed E-state index contributed by atoms with van der Waals surface area (Å²) in [4.78, 5) is 2.04. The zero-order valence-electron chi connectivity index (χ0n) is 10.5. The molecule has 2 rings (SSSR count). The normalized spacial score (nSPS) is 10.4. The van der Waals surface area contributed by atoms with E-state index >= 15 is 0 Å². The molecule has 0 saturated heterocycles. The first-order valence-electron chi connectivity index (χ1n) is 5.81. The van der Waals surface area contributed by atoms with Crippen LogP contribution in [0.3, 0.4) is 0 Å². The SMILES string of the molecule is Cc1cccc(N(C)c2ccc(CO)cc2Cl)c1. The highest BCUT2D eigenvalue weighted by Gasteiger charge is 2.08. The van der Waals surface area contributed by atoms with Crippen LogP contribution in [0.1, 0.15) is 11.1 Å². The smallest absolute Gasteiger partial charge is 0.0682 e. The topological polar surface area (TPSA) is 23.5 Å². The van der Waals surface area contributed by atoms with Crippen molar-refractivity contribution in [1.82, 2.24) is 0 Å². The average Bonchev–Trinajstić information content (AvgIpc) is 2.37. The number of anilines is 2. The van der Waals surface area contributed by atoms with Gasteiger partial charge in [-0.1, -0.05) is 29.8 Å². The van der Waals surface area contributed by atoms with Crippen molar-refractivity contribution in [3.63, 3.8) is 0 Å². The van der Waals surface area contributed by atoms with Crippen molar-refractivity contribution in [2.45, 2.75) is 13.5 Å². The second-order valence-corrected chi connectivity index (χ2v) is 4.75. The van der Waals surface area contributed by atoms with Gasteiger partial charge in [0.05, 0.1) is 17.3 Å². The lowest BCUT2D eigenvalue weighted by Gasteiger charge is -2.21. The molecule has 2 nitrogen and oxygen atoms in total. The summed E-state index contributed by atoms with van der Waals surface area (Å²) in [6.07, 6.45) is 0. The second kappa shape index (κ2) is 5.42. The minimum absolute atomic E-state index is 0.00809. The molecule has 0 aliphatic rings. The molecule has 2 aromatic carbocycles. The van der Waals surface area contributed by atoms with Crippen LogP contribution >= 0.6 is 11.6 Å². The molecule has 0 radical (unpaired) electrons. The Kier molecular flexibility index (Phi) is 3.90. The summed E-state index contributed by atoms with van der Waals surface area (Å²) in [5.74, 6) is 0. The van der Waals surface area contributed by atoms with Gasteiger partial charge in [-0.2, -0.15) is 0 Å². The Morgan fingerprint density at radius 1 is 1.17 bits per heavy atom. The predicted molar refractivity (Wildman–Crippen MR) is 76.6 cm³/mol. The fourth-order valence-corrected chi connectivity index (χ4v) is 2.23. The van der Waals surface area contributed by atoms with Crippen LogP contribution < -0.4 is 4.90 Å². The zero-order valence-corrected chi connectivity index (χ0v) is 11.3. The van der Waals surface area contributed by atoms with E-state index < -0.39 is 0 Å². The highest BCUT2D eigenvalue weighted by atomic mass is 35.5. The number of halogens is 1. The highest BCUT2D eigenvalue weighted by molar-refractivity contribution is 6.33. The summed E-state index contributed by atoms with van der Waals surface area (Å²) >= 11 is 6.24. The molecule has 0 aliphatic carbocycles. The van der Waals surface area contributed by atoms with Crippen LogP contribution in [-0.2, 0) is 6.61 Å². The van der Waals surface area contributed by atoms with Gasteiger partial charge in [0.25, 0.3) is 0 Å². The molecule has 2 aromatic rings. The molecule has 0 aromatic heterocycles. The van der Waals surface area contributed by atoms with E-state index in [1.54, 1.807) is 6.07 Å². The van der Waals surface area contributed by atoms with Crippen LogP contribution in [0.2, 0.25) is 5.02 Å². The van der Waals surface area contributed by atoms with Crippen LogP contribution in [0.15, 0.2) is 42.5 Å². The number of aliphatic hydroxyl groups is 1. The van der Waals surface area contributed by atoms with E-state index in [4.69, 9.17) is 16.7 Å². The van der Waals surface area contributed by atoms with Gasteiger partial charge in [0.15, 0.2) is 0 Å². The summed E-state index contributed by atoms with van der Waals surface area (Å²) in [6, 6.07) is 13.8. The van der Waals surface area contributed by atoms with Crippen molar-refractivity contribution in [3.05, 3.63) is 58.6 Å². The fourth-order valence-electron chi connectivity index (χ4n) is 1.90. The monoisotopic (exact) mass is 261 g/mol. The van der Waals surface area contributed by atoms with E-state index in [1.165, 1.54) is 5.56 Å². The Hall–Kier alpha value is -1.51. The summed E-state index contributed by atoms with van der Waals surface area (Å²) in [5, 5.41) is 9.72. The number of hydrogen-bond donors (Lipinski definition) is 1. The maximum absolute atomic E-state index is 9.07. The maximum atomic E-state index is 9.07. The number of aliphatic hydroxyl groups excluding tert-OH is 1. The van der Waals surface area contributed by atoms with E-state index in [2.05, 4.69) is 19.1 Å². The Morgan fingerprint density at radius 2 is 1.94 bits per heavy atom. The van der Waals surface area contributed by atoms with E-state index in [9.17, 15) is 0 Å². The molecule has 18 heavy (non-hydrogen) atoms. The first-order valence-corrected chi connectivity index (χ1v) is 6.19. The van der Waals surface area contributed by atoms with Crippen molar-refractivity contribution < 1.29 is 5.11 Å². The van der Waals surface area contributed by atoms with E-state index in [0.717, 1.165) is 16.9 Å². The Morgan fingerprint density at radius 3 is 2.56 bits per heavy atom. The minimum atomic E-state index is 0.00809. The molecule has 0 bridgehead atoms. The molecule has 0 aliphatic heterocycles. The van der Waals surface area contributed by atoms with Crippen molar-refractivity contribution >= 4 is 23.0 Å². The molecular weight excluding hydrogens is 246 g/mol. The Balaban J connectivity index is 2.37. The first-order chi connectivity index (χ1) is 8.61. The third-order valence-corrected chi connectivity index (χ3v) is 3.25. The largest absolute Gasteiger partial charge is 0.392 e. The molecule has 0 unspecified atom stereocenters. The summed E-state index contributed by atoms with van der Waals surface area (Å²) in [7, 11) is 1.98. The van der Waals surface area contributed by atoms with E-state index in [-0.39, 0.29) is 6.61 Å². The average molecular weight is 262 g/mol. The predicted octanol–water partition coefficient (Wildman–Crippen LogP) is 3.91. The number of aryl methyl sites for hydroxylation is 1. The van der Waals surface area contributed by atoms with Gasteiger partial charge >= 0.3 is 0 Å². The van der Waals surface area contributed by atoms with Crippen molar-refractivity contribution in [2.24, 2.45) is 0 Å². The lowest BCUT2D eigenvalue weighted by Crippen LogP contribution is -2.10. The zero-order chi connectivity index (χ0) is 13.1. The van der Waals surface area contributed by atoms with Gasteiger partial charge in [-0.3, -0.25) is 0 Å². The number of hydrogen-bond acceptors (Lipinski definition) is 2. The second-order valence-electron chi connectivity index (χ2n) is 4.34. The van der Waals surface area contributed by atoms with Crippen molar-refractivity contribution in [3.8, 4) is 0 Å². The van der Waals surface area contributed by atoms with Gasteiger partial charge in [0.2, 0.25) is 0 Å². The van der Waals surface area contributed by atoms with Crippen molar-refractivity contribution in [1.29, 1.82) is 0 Å². The van der Waals surface area contributed by atoms with Crippen LogP contribution in [0.4, 0.5) is 11.4 Å². The van der Waals surface area contributed by atoms with E-state index in [1.807, 2.05) is 36.2 Å². The quantitative estimate of drug-likeness (QED) is 0.906. The Labute approximate surface area is 112 Å². The molecule has 0 fully saturated rings. The number of nitrogens with zero attached hydrogens (tertiary/aromatic N) is 1. The van der Waals surface area contributed by atoms with Gasteiger partial charge in [0.1, 0.15) is 0 Å². The third-order valence-electron chi connectivity index (χ3n) is 2.94. The molecule has 0 atom stereocenters. The third kappa shape index (κ3) is 2.66. The van der Waals surface area contributed by atoms with Gasteiger partial charge in [-0.25, -0.2) is 0 Å². The molecule has 3 heteroatoms. The summed E-state index contributed by atoms with van der Waals surface area (Å²) in [6.45, 7) is 2.07. The Bertz CT molecular complexity index is 554. The molecule has 1 N–H and O–H groups in total. The summed E-state index contributed by atoms with van der Waals surface area (Å²) < 4.78 is 0. The van der Waals surface area contributed by atoms with Crippen LogP contribution in [0, 0.1) is 6.92 Å². The van der Waals surface area contributed by atoms with Gasteiger partial charge < -0.3 is 10.0 Å². The molecule has 0 amide bonds. The number of benzene rings is 2. The van der Waals surface area contributed by atoms with Crippen LogP contribution in [0.25, 0.3) is 0 Å². The van der Waals surface area contributed by atoms with Crippen LogP contribution in [-0.4, -0.2) is 12.2 Å². The molecule has 0 saturated carbocycles. The minimum Gasteiger partial charge on any atom is -0.392 e. The molecule has 0 heterocycles. The van der Waals surface area contributed by atoms with E-state index in [0.29, 0.717) is 5.02 Å². The lowest BCUT2D eigenvalue weighted by molar-refractivity contribution is 0.282. The first kappa shape index (κ1) is 12.9. The highest BCUT2D eigenvalue weighted by Crippen LogP contribution is 2.31.